The molecule has 8 nitrogen and oxygen atoms in total. The highest BCUT2D eigenvalue weighted by molar-refractivity contribution is 6.33. The topological polar surface area (TPSA) is 109 Å². The van der Waals surface area contributed by atoms with Crippen molar-refractivity contribution in [3.05, 3.63) is 88.2 Å². The summed E-state index contributed by atoms with van der Waals surface area (Å²) in [7, 11) is 1.46. The minimum atomic E-state index is -4.67. The first-order chi connectivity index (χ1) is 16.1. The summed E-state index contributed by atoms with van der Waals surface area (Å²) in [5, 5.41) is 2.22. The summed E-state index contributed by atoms with van der Waals surface area (Å²) >= 11 is 5.82. The fourth-order valence-electron chi connectivity index (χ4n) is 2.69. The average Bonchev–Trinajstić information content (AvgIpc) is 2.81. The van der Waals surface area contributed by atoms with Crippen molar-refractivity contribution in [1.29, 1.82) is 0 Å². The van der Waals surface area contributed by atoms with Crippen LogP contribution in [-0.2, 0) is 6.18 Å². The first kappa shape index (κ1) is 24.5. The zero-order valence-corrected chi connectivity index (χ0v) is 18.1. The molecular weight excluding hydrogens is 477 g/mol. The van der Waals surface area contributed by atoms with E-state index >= 15 is 0 Å². The highest BCUT2D eigenvalue weighted by atomic mass is 35.5. The van der Waals surface area contributed by atoms with E-state index in [1.54, 1.807) is 6.07 Å². The first-order valence-electron chi connectivity index (χ1n) is 9.52. The molecule has 3 amide bonds. The molecule has 0 unspecified atom stereocenters. The maximum atomic E-state index is 12.9. The minimum Gasteiger partial charge on any atom is -0.457 e. The molecule has 0 fully saturated rings. The molecule has 3 rings (SSSR count). The number of hydrogen-bond acceptors (Lipinski definition) is 5. The number of rotatable bonds is 5. The number of halogens is 4. The number of carbonyl (C=O) groups is 3. The zero-order chi connectivity index (χ0) is 24.9. The second kappa shape index (κ2) is 10.2. The number of alkyl halides is 3. The number of nitrogens with zero attached hydrogens (tertiary/aromatic N) is 1. The molecule has 0 atom stereocenters. The van der Waals surface area contributed by atoms with Crippen molar-refractivity contribution >= 4 is 29.3 Å². The SMILES string of the molecule is CNC(=O)c1cc(Oc2cccc(C(=O)NNC(=O)c3cc(C(F)(F)F)ccc3Cl)c2)ccn1. The fourth-order valence-corrected chi connectivity index (χ4v) is 2.90. The highest BCUT2D eigenvalue weighted by Crippen LogP contribution is 2.31. The molecule has 2 aromatic carbocycles. The van der Waals surface area contributed by atoms with Gasteiger partial charge in [0, 0.05) is 24.9 Å². The Bertz CT molecular complexity index is 1250. The van der Waals surface area contributed by atoms with Gasteiger partial charge in [-0.25, -0.2) is 0 Å². The monoisotopic (exact) mass is 492 g/mol. The van der Waals surface area contributed by atoms with Crippen molar-refractivity contribution in [1.82, 2.24) is 21.2 Å². The predicted octanol–water partition coefficient (Wildman–Crippen LogP) is 3.98. The molecule has 0 radical (unpaired) electrons. The number of hydrazine groups is 1. The van der Waals surface area contributed by atoms with Gasteiger partial charge in [-0.15, -0.1) is 0 Å². The summed E-state index contributed by atoms with van der Waals surface area (Å²) in [5.41, 5.74) is 2.82. The van der Waals surface area contributed by atoms with E-state index in [2.05, 4.69) is 15.7 Å². The third-order valence-electron chi connectivity index (χ3n) is 4.35. The van der Waals surface area contributed by atoms with Crippen molar-refractivity contribution in [2.75, 3.05) is 7.05 Å². The van der Waals surface area contributed by atoms with Crippen molar-refractivity contribution in [3.8, 4) is 11.5 Å². The maximum Gasteiger partial charge on any atom is 0.416 e. The van der Waals surface area contributed by atoms with Gasteiger partial charge in [0.2, 0.25) is 0 Å². The molecular formula is C22H16ClF3N4O4. The summed E-state index contributed by atoms with van der Waals surface area (Å²) in [4.78, 5) is 40.3. The number of nitrogens with one attached hydrogen (secondary N) is 3. The van der Waals surface area contributed by atoms with Crippen molar-refractivity contribution < 1.29 is 32.3 Å². The standard InChI is InChI=1S/C22H16ClF3N4O4/c1-27-21(33)18-11-15(7-8-28-18)34-14-4-2-3-12(9-14)19(31)29-30-20(32)16-10-13(22(24,25)26)5-6-17(16)23/h2-11H,1H3,(H,27,33)(H,29,31)(H,30,32). The number of ether oxygens (including phenoxy) is 1. The third kappa shape index (κ3) is 6.01. The third-order valence-corrected chi connectivity index (χ3v) is 4.68. The van der Waals surface area contributed by atoms with Gasteiger partial charge in [-0.1, -0.05) is 17.7 Å². The molecule has 0 aliphatic carbocycles. The summed E-state index contributed by atoms with van der Waals surface area (Å²) in [6.07, 6.45) is -3.29. The summed E-state index contributed by atoms with van der Waals surface area (Å²) in [6.45, 7) is 0. The van der Waals surface area contributed by atoms with E-state index < -0.39 is 35.0 Å². The molecule has 1 heterocycles. The molecule has 0 saturated heterocycles. The Morgan fingerprint density at radius 3 is 2.32 bits per heavy atom. The number of aromatic nitrogens is 1. The first-order valence-corrected chi connectivity index (χ1v) is 9.90. The van der Waals surface area contributed by atoms with Crippen LogP contribution in [0.4, 0.5) is 13.2 Å². The Morgan fingerprint density at radius 2 is 1.62 bits per heavy atom. The quantitative estimate of drug-likeness (QED) is 0.467. The zero-order valence-electron chi connectivity index (χ0n) is 17.4. The number of hydrogen-bond donors (Lipinski definition) is 3. The highest BCUT2D eigenvalue weighted by Gasteiger charge is 2.31. The van der Waals surface area contributed by atoms with Gasteiger partial charge in [0.15, 0.2) is 0 Å². The molecule has 3 aromatic rings. The Balaban J connectivity index is 1.68. The van der Waals surface area contributed by atoms with E-state index in [4.69, 9.17) is 16.3 Å². The van der Waals surface area contributed by atoms with Crippen molar-refractivity contribution in [2.24, 2.45) is 0 Å². The molecule has 0 aliphatic rings. The Hall–Kier alpha value is -4.12. The van der Waals surface area contributed by atoms with Crippen LogP contribution in [0.1, 0.15) is 36.8 Å². The van der Waals surface area contributed by atoms with E-state index in [1.807, 2.05) is 5.43 Å². The molecule has 176 valence electrons. The minimum absolute atomic E-state index is 0.0773. The maximum absolute atomic E-state index is 12.9. The number of amides is 3. The van der Waals surface area contributed by atoms with Crippen LogP contribution in [-0.4, -0.2) is 29.8 Å². The second-order valence-corrected chi connectivity index (χ2v) is 7.09. The Labute approximate surface area is 196 Å². The van der Waals surface area contributed by atoms with Crippen molar-refractivity contribution in [2.45, 2.75) is 6.18 Å². The Morgan fingerprint density at radius 1 is 0.912 bits per heavy atom. The normalized spacial score (nSPS) is 10.9. The molecule has 0 aliphatic heterocycles. The predicted molar refractivity (Wildman–Crippen MR) is 116 cm³/mol. The van der Waals surface area contributed by atoms with Crippen LogP contribution in [0.15, 0.2) is 60.8 Å². The van der Waals surface area contributed by atoms with Crippen LogP contribution < -0.4 is 20.9 Å². The molecule has 0 spiro atoms. The molecule has 3 N–H and O–H groups in total. The van der Waals surface area contributed by atoms with Gasteiger partial charge in [-0.3, -0.25) is 30.2 Å². The number of benzene rings is 2. The lowest BCUT2D eigenvalue weighted by atomic mass is 10.1. The average molecular weight is 493 g/mol. The molecule has 34 heavy (non-hydrogen) atoms. The lowest BCUT2D eigenvalue weighted by Crippen LogP contribution is -2.41. The van der Waals surface area contributed by atoms with Crippen LogP contribution in [0, 0.1) is 0 Å². The van der Waals surface area contributed by atoms with Gasteiger partial charge < -0.3 is 10.1 Å². The van der Waals surface area contributed by atoms with E-state index in [-0.39, 0.29) is 22.0 Å². The van der Waals surface area contributed by atoms with Gasteiger partial charge in [0.1, 0.15) is 17.2 Å². The van der Waals surface area contributed by atoms with Crippen LogP contribution in [0.5, 0.6) is 11.5 Å². The number of pyridine rings is 1. The summed E-state index contributed by atoms with van der Waals surface area (Å²) in [6, 6.07) is 11.0. The van der Waals surface area contributed by atoms with E-state index in [0.717, 1.165) is 12.1 Å². The Kier molecular flexibility index (Phi) is 7.37. The van der Waals surface area contributed by atoms with E-state index in [0.29, 0.717) is 11.8 Å². The van der Waals surface area contributed by atoms with Gasteiger partial charge in [0.25, 0.3) is 17.7 Å². The van der Waals surface area contributed by atoms with Crippen LogP contribution in [0.3, 0.4) is 0 Å². The lowest BCUT2D eigenvalue weighted by molar-refractivity contribution is -0.137. The fraction of sp³-hybridized carbons (Fsp3) is 0.0909. The molecule has 0 saturated carbocycles. The van der Waals surface area contributed by atoms with Gasteiger partial charge in [-0.2, -0.15) is 13.2 Å². The summed E-state index contributed by atoms with van der Waals surface area (Å²) < 4.78 is 44.3. The molecule has 1 aromatic heterocycles. The second-order valence-electron chi connectivity index (χ2n) is 6.69. The van der Waals surface area contributed by atoms with Crippen LogP contribution >= 0.6 is 11.6 Å². The van der Waals surface area contributed by atoms with Crippen LogP contribution in [0.25, 0.3) is 0 Å². The molecule has 0 bridgehead atoms. The van der Waals surface area contributed by atoms with Gasteiger partial charge in [0.05, 0.1) is 16.1 Å². The van der Waals surface area contributed by atoms with Crippen LogP contribution in [0.2, 0.25) is 5.02 Å². The largest absolute Gasteiger partial charge is 0.457 e. The smallest absolute Gasteiger partial charge is 0.416 e. The van der Waals surface area contributed by atoms with Gasteiger partial charge >= 0.3 is 6.18 Å². The number of carbonyl (C=O) groups excluding carboxylic acids is 3. The van der Waals surface area contributed by atoms with E-state index in [1.165, 1.54) is 43.6 Å². The van der Waals surface area contributed by atoms with E-state index in [9.17, 15) is 27.6 Å². The lowest BCUT2D eigenvalue weighted by Gasteiger charge is -2.12. The molecule has 12 heteroatoms. The van der Waals surface area contributed by atoms with Crippen molar-refractivity contribution in [3.63, 3.8) is 0 Å². The summed E-state index contributed by atoms with van der Waals surface area (Å²) in [5.74, 6) is -1.67. The van der Waals surface area contributed by atoms with Gasteiger partial charge in [-0.05, 0) is 42.5 Å².